The Balaban J connectivity index is 1.08. The van der Waals surface area contributed by atoms with Gasteiger partial charge in [0.25, 0.3) is 0 Å². The van der Waals surface area contributed by atoms with Crippen molar-refractivity contribution >= 4 is 87.2 Å². The van der Waals surface area contributed by atoms with Gasteiger partial charge in [-0.2, -0.15) is 0 Å². The lowest BCUT2D eigenvalue weighted by Crippen LogP contribution is -2.16. The van der Waals surface area contributed by atoms with Gasteiger partial charge in [-0.15, -0.1) is 0 Å². The summed E-state index contributed by atoms with van der Waals surface area (Å²) in [5, 5.41) is 8.89. The molecule has 0 spiro atoms. The van der Waals surface area contributed by atoms with E-state index in [1.807, 2.05) is 0 Å². The van der Waals surface area contributed by atoms with Crippen molar-refractivity contribution in [1.29, 1.82) is 0 Å². The van der Waals surface area contributed by atoms with Gasteiger partial charge in [-0.1, -0.05) is 287 Å². The molecule has 2 aromatic heterocycles. The zero-order valence-corrected chi connectivity index (χ0v) is 60.8. The molecule has 0 radical (unpaired) electrons. The van der Waals surface area contributed by atoms with Crippen LogP contribution in [0, 0.1) is 0 Å². The lowest BCUT2D eigenvalue weighted by Gasteiger charge is -2.26. The van der Waals surface area contributed by atoms with Gasteiger partial charge < -0.3 is 0 Å². The molecule has 0 atom stereocenters. The van der Waals surface area contributed by atoms with Gasteiger partial charge in [0.15, 0.2) is 0 Å². The summed E-state index contributed by atoms with van der Waals surface area (Å²) < 4.78 is 0. The first kappa shape index (κ1) is 64.4. The zero-order chi connectivity index (χ0) is 67.7. The molecule has 0 aliphatic carbocycles. The normalized spacial score (nSPS) is 13.5. The van der Waals surface area contributed by atoms with Crippen LogP contribution in [0.15, 0.2) is 158 Å². The average Bonchev–Trinajstić information content (AvgIpc) is 0.724. The highest BCUT2D eigenvalue weighted by Gasteiger charge is 2.28. The number of benzene rings is 11. The van der Waals surface area contributed by atoms with Crippen molar-refractivity contribution in [2.45, 2.75) is 209 Å². The first-order valence-electron chi connectivity index (χ1n) is 34.3. The van der Waals surface area contributed by atoms with Crippen molar-refractivity contribution in [3.05, 3.63) is 202 Å². The van der Waals surface area contributed by atoms with Crippen molar-refractivity contribution in [1.82, 2.24) is 19.9 Å². The van der Waals surface area contributed by atoms with Gasteiger partial charge in [0.2, 0.25) is 0 Å². The molecule has 13 aromatic rings. The van der Waals surface area contributed by atoms with E-state index in [0.717, 1.165) is 87.2 Å². The first-order valence-corrected chi connectivity index (χ1v) is 34.3. The van der Waals surface area contributed by atoms with Crippen molar-refractivity contribution in [3.8, 4) is 44.5 Å². The fourth-order valence-corrected chi connectivity index (χ4v) is 13.6. The molecule has 0 saturated heterocycles. The maximum atomic E-state index is 5.70. The molecular formula is C90H98N4. The van der Waals surface area contributed by atoms with Gasteiger partial charge in [0, 0.05) is 21.5 Å². The van der Waals surface area contributed by atoms with Crippen LogP contribution >= 0.6 is 0 Å². The molecule has 0 saturated carbocycles. The quantitative estimate of drug-likeness (QED) is 0.130. The second-order valence-electron chi connectivity index (χ2n) is 35.9. The van der Waals surface area contributed by atoms with Crippen LogP contribution in [-0.4, -0.2) is 19.9 Å². The number of hydrogen-bond acceptors (Lipinski definition) is 4. The molecule has 478 valence electrons. The molecule has 0 aliphatic rings. The molecule has 0 fully saturated rings. The Hall–Kier alpha value is -8.34. The Kier molecular flexibility index (Phi) is 14.8. The highest BCUT2D eigenvalue weighted by molar-refractivity contribution is 6.27. The van der Waals surface area contributed by atoms with Crippen LogP contribution in [0.5, 0.6) is 0 Å². The maximum Gasteiger partial charge on any atom is 0.0979 e. The summed E-state index contributed by atoms with van der Waals surface area (Å²) in [6, 6.07) is 61.3. The molecule has 0 aliphatic heterocycles. The van der Waals surface area contributed by atoms with Gasteiger partial charge in [0.05, 0.1) is 44.1 Å². The van der Waals surface area contributed by atoms with Crippen molar-refractivity contribution in [3.63, 3.8) is 0 Å². The number of aromatic nitrogens is 4. The molecule has 13 rings (SSSR count). The van der Waals surface area contributed by atoms with E-state index in [4.69, 9.17) is 19.9 Å². The van der Waals surface area contributed by atoms with E-state index >= 15 is 0 Å². The van der Waals surface area contributed by atoms with Crippen molar-refractivity contribution in [2.75, 3.05) is 0 Å². The third-order valence-electron chi connectivity index (χ3n) is 20.1. The van der Waals surface area contributed by atoms with Crippen LogP contribution in [0.4, 0.5) is 0 Å². The smallest absolute Gasteiger partial charge is 0.0979 e. The van der Waals surface area contributed by atoms with E-state index in [2.05, 4.69) is 324 Å². The van der Waals surface area contributed by atoms with Crippen molar-refractivity contribution in [2.24, 2.45) is 0 Å². The van der Waals surface area contributed by atoms with Crippen LogP contribution in [0.2, 0.25) is 0 Å². The highest BCUT2D eigenvalue weighted by atomic mass is 14.8. The van der Waals surface area contributed by atoms with E-state index in [0.29, 0.717) is 0 Å². The minimum absolute atomic E-state index is 0.0312. The monoisotopic (exact) mass is 1230 g/mol. The number of nitrogens with zero attached hydrogens (tertiary/aromatic N) is 4. The van der Waals surface area contributed by atoms with Crippen LogP contribution in [0.25, 0.3) is 132 Å². The van der Waals surface area contributed by atoms with Crippen molar-refractivity contribution < 1.29 is 0 Å². The third-order valence-corrected chi connectivity index (χ3v) is 20.1. The highest BCUT2D eigenvalue weighted by Crippen LogP contribution is 2.46. The average molecular weight is 1240 g/mol. The summed E-state index contributed by atoms with van der Waals surface area (Å²) in [6.45, 7) is 55.7. The maximum absolute atomic E-state index is 5.70. The molecule has 11 aromatic carbocycles. The molecule has 0 unspecified atom stereocenters. The topological polar surface area (TPSA) is 51.6 Å². The van der Waals surface area contributed by atoms with Crippen LogP contribution < -0.4 is 0 Å². The molecule has 0 amide bonds. The molecule has 2 heterocycles. The van der Waals surface area contributed by atoms with Gasteiger partial charge in [-0.3, -0.25) is 0 Å². The Morgan fingerprint density at radius 2 is 0.319 bits per heavy atom. The molecule has 0 N–H and O–H groups in total. The van der Waals surface area contributed by atoms with E-state index in [1.54, 1.807) is 0 Å². The van der Waals surface area contributed by atoms with E-state index in [-0.39, 0.29) is 43.3 Å². The predicted molar refractivity (Wildman–Crippen MR) is 409 cm³/mol. The second kappa shape index (κ2) is 21.6. The predicted octanol–water partition coefficient (Wildman–Crippen LogP) is 25.5. The number of rotatable bonds is 4. The van der Waals surface area contributed by atoms with Crippen LogP contribution in [-0.2, 0) is 43.3 Å². The first-order chi connectivity index (χ1) is 43.5. The van der Waals surface area contributed by atoms with Crippen LogP contribution in [0.3, 0.4) is 0 Å². The van der Waals surface area contributed by atoms with E-state index < -0.39 is 0 Å². The third kappa shape index (κ3) is 11.8. The summed E-state index contributed by atoms with van der Waals surface area (Å²) >= 11 is 0. The summed E-state index contributed by atoms with van der Waals surface area (Å²) in [4.78, 5) is 22.8. The van der Waals surface area contributed by atoms with Gasteiger partial charge >= 0.3 is 0 Å². The summed E-state index contributed by atoms with van der Waals surface area (Å²) in [5.74, 6) is 0. The zero-order valence-electron chi connectivity index (χ0n) is 60.8. The molecule has 4 heteroatoms. The molecule has 94 heavy (non-hydrogen) atoms. The largest absolute Gasteiger partial charge is 0.244 e. The molecule has 0 bridgehead atoms. The number of fused-ring (bicyclic) bond motifs is 14. The Morgan fingerprint density at radius 3 is 0.468 bits per heavy atom. The minimum atomic E-state index is -0.0312. The minimum Gasteiger partial charge on any atom is -0.244 e. The summed E-state index contributed by atoms with van der Waals surface area (Å²) in [5.41, 5.74) is 26.7. The van der Waals surface area contributed by atoms with Gasteiger partial charge in [-0.25, -0.2) is 19.9 Å². The van der Waals surface area contributed by atoms with Crippen LogP contribution in [0.1, 0.15) is 211 Å². The molecular weight excluding hydrogens is 1140 g/mol. The SMILES string of the molecule is CC(C)(C)c1cc(-c2ccc3c(c2)c2cc(-c4cc(C(C)(C)C)cc(C(C)(C)C)c4)ccc2c2nc4cc5nc6c7ccc(-c8cc(C(C)(C)C)cc(C(C)(C)C)c8)cc7c7cc(-c8cc(C(C)(C)C)cc(C(C)(C)C)c8)ccc7c6nc5cc4nc32)cc(C(C)(C)C)c1. The Bertz CT molecular complexity index is 4520. The Morgan fingerprint density at radius 1 is 0.160 bits per heavy atom. The number of hydrogen-bond donors (Lipinski definition) is 0. The Labute approximate surface area is 560 Å². The lowest BCUT2D eigenvalue weighted by molar-refractivity contribution is 0.568. The van der Waals surface area contributed by atoms with E-state index in [1.165, 1.54) is 89.0 Å². The fourth-order valence-electron chi connectivity index (χ4n) is 13.6. The summed E-state index contributed by atoms with van der Waals surface area (Å²) in [6.07, 6.45) is 0. The van der Waals surface area contributed by atoms with E-state index in [9.17, 15) is 0 Å². The van der Waals surface area contributed by atoms with Gasteiger partial charge in [-0.05, 0) is 190 Å². The second-order valence-corrected chi connectivity index (χ2v) is 35.9. The standard InChI is InChI=1S/C90H98N4/c1-83(2,3)59-33-55(34-60(45-59)84(4,5)6)51-25-29-67-71(41-51)72-42-52(56-35-61(85(7,8)9)46-62(36-56)86(10,11)12)26-30-68(72)80-79(67)91-75-49-77-78(50-76(75)92-80)94-82-70-32-28-54(58-39-65(89(19,20)21)48-66(40-58)90(22,23)24)44-74(70)73-43-53(27-31-69(73)81(82)93-77)57-37-63(87(13,14)15)47-64(38-57)88(16,17)18/h25-50H,1-24H3. The fraction of sp³-hybridized carbons (Fsp3) is 0.356. The summed E-state index contributed by atoms with van der Waals surface area (Å²) in [7, 11) is 0. The van der Waals surface area contributed by atoms with Gasteiger partial charge in [0.1, 0.15) is 0 Å². The lowest BCUT2D eigenvalue weighted by atomic mass is 9.78. The molecule has 4 nitrogen and oxygen atoms in total.